The predicted molar refractivity (Wildman–Crippen MR) is 60.9 cm³/mol. The summed E-state index contributed by atoms with van der Waals surface area (Å²) in [6.45, 7) is 2.09. The van der Waals surface area contributed by atoms with Gasteiger partial charge in [0.1, 0.15) is 0 Å². The standard InChI is InChI=1S/C12H15NO4/c1-2-16-12(15)11(14)13-17-9-8-10-6-4-3-5-7-10/h3-7H,2,8-9H2,1H3,(H,13,14). The van der Waals surface area contributed by atoms with E-state index in [2.05, 4.69) is 4.74 Å². The molecular formula is C12H15NO4. The summed E-state index contributed by atoms with van der Waals surface area (Å²) in [6, 6.07) is 9.68. The lowest BCUT2D eigenvalue weighted by atomic mass is 10.2. The molecule has 0 aliphatic heterocycles. The fourth-order valence-corrected chi connectivity index (χ4v) is 1.17. The first kappa shape index (κ1) is 13.2. The Labute approximate surface area is 99.7 Å². The zero-order valence-corrected chi connectivity index (χ0v) is 9.64. The van der Waals surface area contributed by atoms with Crippen molar-refractivity contribution in [1.82, 2.24) is 5.48 Å². The molecule has 92 valence electrons. The molecule has 5 nitrogen and oxygen atoms in total. The molecule has 0 aromatic heterocycles. The van der Waals surface area contributed by atoms with Crippen molar-refractivity contribution in [2.75, 3.05) is 13.2 Å². The van der Waals surface area contributed by atoms with Crippen LogP contribution < -0.4 is 5.48 Å². The minimum atomic E-state index is -0.938. The summed E-state index contributed by atoms with van der Waals surface area (Å²) < 4.78 is 4.49. The van der Waals surface area contributed by atoms with Crippen LogP contribution in [0.25, 0.3) is 0 Å². The summed E-state index contributed by atoms with van der Waals surface area (Å²) in [6.07, 6.45) is 0.657. The SMILES string of the molecule is CCOC(=O)C(=O)NOCCc1ccccc1. The lowest BCUT2D eigenvalue weighted by molar-refractivity contribution is -0.160. The second-order valence-electron chi connectivity index (χ2n) is 3.24. The summed E-state index contributed by atoms with van der Waals surface area (Å²) in [5, 5.41) is 0. The smallest absolute Gasteiger partial charge is 0.399 e. The number of carbonyl (C=O) groups is 2. The van der Waals surface area contributed by atoms with Gasteiger partial charge >= 0.3 is 11.9 Å². The maximum Gasteiger partial charge on any atom is 0.399 e. The summed E-state index contributed by atoms with van der Waals surface area (Å²) in [4.78, 5) is 26.8. The molecule has 0 saturated heterocycles. The maximum atomic E-state index is 11.0. The minimum Gasteiger partial charge on any atom is -0.459 e. The van der Waals surface area contributed by atoms with Crippen molar-refractivity contribution in [3.8, 4) is 0 Å². The molecule has 0 fully saturated rings. The van der Waals surface area contributed by atoms with Gasteiger partial charge in [0.15, 0.2) is 0 Å². The molecule has 0 aliphatic rings. The molecule has 0 heterocycles. The van der Waals surface area contributed by atoms with E-state index in [4.69, 9.17) is 4.84 Å². The van der Waals surface area contributed by atoms with Crippen LogP contribution in [0.5, 0.6) is 0 Å². The van der Waals surface area contributed by atoms with Crippen LogP contribution in [0.1, 0.15) is 12.5 Å². The van der Waals surface area contributed by atoms with E-state index in [-0.39, 0.29) is 6.61 Å². The molecule has 0 aliphatic carbocycles. The third-order valence-corrected chi connectivity index (χ3v) is 1.96. The molecular weight excluding hydrogens is 222 g/mol. The zero-order chi connectivity index (χ0) is 12.5. The Kier molecular flexibility index (Phi) is 5.74. The normalized spacial score (nSPS) is 9.71. The van der Waals surface area contributed by atoms with E-state index in [9.17, 15) is 9.59 Å². The van der Waals surface area contributed by atoms with Gasteiger partial charge < -0.3 is 4.74 Å². The van der Waals surface area contributed by atoms with Crippen molar-refractivity contribution in [3.63, 3.8) is 0 Å². The molecule has 1 aromatic rings. The van der Waals surface area contributed by atoms with Gasteiger partial charge in [0.05, 0.1) is 13.2 Å². The summed E-state index contributed by atoms with van der Waals surface area (Å²) in [7, 11) is 0. The Morgan fingerprint density at radius 2 is 1.94 bits per heavy atom. The highest BCUT2D eigenvalue weighted by atomic mass is 16.7. The van der Waals surface area contributed by atoms with E-state index in [1.807, 2.05) is 35.8 Å². The van der Waals surface area contributed by atoms with E-state index < -0.39 is 11.9 Å². The van der Waals surface area contributed by atoms with Crippen LogP contribution in [0, 0.1) is 0 Å². The largest absolute Gasteiger partial charge is 0.459 e. The fourth-order valence-electron chi connectivity index (χ4n) is 1.17. The number of hydroxylamine groups is 1. The average molecular weight is 237 g/mol. The monoisotopic (exact) mass is 237 g/mol. The number of amides is 1. The molecule has 1 N–H and O–H groups in total. The van der Waals surface area contributed by atoms with Gasteiger partial charge in [0.25, 0.3) is 0 Å². The van der Waals surface area contributed by atoms with Crippen LogP contribution in [-0.2, 0) is 25.6 Å². The number of hydrogen-bond donors (Lipinski definition) is 1. The topological polar surface area (TPSA) is 64.6 Å². The van der Waals surface area contributed by atoms with Crippen LogP contribution in [0.3, 0.4) is 0 Å². The van der Waals surface area contributed by atoms with Crippen LogP contribution in [0.15, 0.2) is 30.3 Å². The van der Waals surface area contributed by atoms with Crippen molar-refractivity contribution in [3.05, 3.63) is 35.9 Å². The molecule has 1 amide bonds. The average Bonchev–Trinajstić information content (AvgIpc) is 2.36. The number of rotatable bonds is 5. The molecule has 0 bridgehead atoms. The Balaban J connectivity index is 2.16. The highest BCUT2D eigenvalue weighted by molar-refractivity contribution is 6.32. The number of benzene rings is 1. The van der Waals surface area contributed by atoms with E-state index in [1.54, 1.807) is 6.92 Å². The summed E-state index contributed by atoms with van der Waals surface area (Å²) in [5.74, 6) is -1.83. The van der Waals surface area contributed by atoms with Crippen molar-refractivity contribution < 1.29 is 19.2 Å². The first-order chi connectivity index (χ1) is 8.24. The predicted octanol–water partition coefficient (Wildman–Crippen LogP) is 0.840. The van der Waals surface area contributed by atoms with Crippen molar-refractivity contribution in [2.24, 2.45) is 0 Å². The van der Waals surface area contributed by atoms with Crippen molar-refractivity contribution in [2.45, 2.75) is 13.3 Å². The molecule has 1 rings (SSSR count). The molecule has 0 radical (unpaired) electrons. The van der Waals surface area contributed by atoms with Gasteiger partial charge in [-0.3, -0.25) is 9.63 Å². The van der Waals surface area contributed by atoms with E-state index in [0.29, 0.717) is 13.0 Å². The molecule has 0 spiro atoms. The number of ether oxygens (including phenoxy) is 1. The quantitative estimate of drug-likeness (QED) is 0.357. The van der Waals surface area contributed by atoms with Crippen LogP contribution >= 0.6 is 0 Å². The van der Waals surface area contributed by atoms with E-state index in [0.717, 1.165) is 5.56 Å². The Bertz CT molecular complexity index is 364. The van der Waals surface area contributed by atoms with E-state index in [1.165, 1.54) is 0 Å². The third kappa shape index (κ3) is 5.12. The lowest BCUT2D eigenvalue weighted by Crippen LogP contribution is -2.33. The molecule has 1 aromatic carbocycles. The van der Waals surface area contributed by atoms with Crippen LogP contribution in [0.4, 0.5) is 0 Å². The first-order valence-corrected chi connectivity index (χ1v) is 5.37. The molecule has 17 heavy (non-hydrogen) atoms. The van der Waals surface area contributed by atoms with Crippen molar-refractivity contribution >= 4 is 11.9 Å². The second kappa shape index (κ2) is 7.40. The van der Waals surface area contributed by atoms with Gasteiger partial charge in [0.2, 0.25) is 0 Å². The Morgan fingerprint density at radius 3 is 2.59 bits per heavy atom. The molecule has 5 heteroatoms. The number of nitrogens with one attached hydrogen (secondary N) is 1. The number of hydrogen-bond acceptors (Lipinski definition) is 4. The van der Waals surface area contributed by atoms with Gasteiger partial charge in [-0.1, -0.05) is 30.3 Å². The highest BCUT2D eigenvalue weighted by Crippen LogP contribution is 1.98. The van der Waals surface area contributed by atoms with Gasteiger partial charge in [-0.15, -0.1) is 0 Å². The molecule has 0 saturated carbocycles. The van der Waals surface area contributed by atoms with Gasteiger partial charge in [-0.2, -0.15) is 0 Å². The fraction of sp³-hybridized carbons (Fsp3) is 0.333. The Morgan fingerprint density at radius 1 is 1.24 bits per heavy atom. The van der Waals surface area contributed by atoms with Crippen LogP contribution in [0.2, 0.25) is 0 Å². The zero-order valence-electron chi connectivity index (χ0n) is 9.64. The number of esters is 1. The second-order valence-corrected chi connectivity index (χ2v) is 3.24. The third-order valence-electron chi connectivity index (χ3n) is 1.96. The molecule has 0 atom stereocenters. The summed E-state index contributed by atoms with van der Waals surface area (Å²) in [5.41, 5.74) is 3.12. The van der Waals surface area contributed by atoms with Gasteiger partial charge in [0, 0.05) is 0 Å². The Hall–Kier alpha value is -1.88. The van der Waals surface area contributed by atoms with Gasteiger partial charge in [-0.05, 0) is 18.9 Å². The van der Waals surface area contributed by atoms with E-state index >= 15 is 0 Å². The van der Waals surface area contributed by atoms with Crippen molar-refractivity contribution in [1.29, 1.82) is 0 Å². The highest BCUT2D eigenvalue weighted by Gasteiger charge is 2.13. The lowest BCUT2D eigenvalue weighted by Gasteiger charge is -2.05. The first-order valence-electron chi connectivity index (χ1n) is 5.37. The number of carbonyl (C=O) groups excluding carboxylic acids is 2. The molecule has 0 unspecified atom stereocenters. The minimum absolute atomic E-state index is 0.163. The van der Waals surface area contributed by atoms with Crippen LogP contribution in [-0.4, -0.2) is 25.1 Å². The maximum absolute atomic E-state index is 11.0. The van der Waals surface area contributed by atoms with Gasteiger partial charge in [-0.25, -0.2) is 10.3 Å². The summed E-state index contributed by atoms with van der Waals surface area (Å²) >= 11 is 0.